The first-order valence-corrected chi connectivity index (χ1v) is 9.81. The van der Waals surface area contributed by atoms with Crippen molar-refractivity contribution in [2.24, 2.45) is 5.10 Å². The van der Waals surface area contributed by atoms with Gasteiger partial charge in [-0.15, -0.1) is 0 Å². The Hall–Kier alpha value is -4.13. The lowest BCUT2D eigenvalue weighted by atomic mass is 10.2. The first-order valence-electron chi connectivity index (χ1n) is 9.81. The van der Waals surface area contributed by atoms with Gasteiger partial charge in [0.25, 0.3) is 0 Å². The predicted molar refractivity (Wildman–Crippen MR) is 121 cm³/mol. The van der Waals surface area contributed by atoms with Crippen molar-refractivity contribution in [2.75, 3.05) is 5.32 Å². The van der Waals surface area contributed by atoms with E-state index < -0.39 is 5.91 Å². The van der Waals surface area contributed by atoms with Gasteiger partial charge in [0, 0.05) is 40.6 Å². The van der Waals surface area contributed by atoms with E-state index in [1.54, 1.807) is 12.3 Å². The number of aryl methyl sites for hydroxylation is 1. The van der Waals surface area contributed by atoms with Crippen LogP contribution in [0.1, 0.15) is 34.4 Å². The second kappa shape index (κ2) is 8.31. The highest BCUT2D eigenvalue weighted by Crippen LogP contribution is 2.22. The third-order valence-electron chi connectivity index (χ3n) is 4.94. The zero-order valence-corrected chi connectivity index (χ0v) is 17.5. The van der Waals surface area contributed by atoms with Crippen LogP contribution in [0.25, 0.3) is 16.7 Å². The molecule has 2 amide bonds. The van der Waals surface area contributed by atoms with E-state index >= 15 is 0 Å². The molecule has 0 atom stereocenters. The van der Waals surface area contributed by atoms with Crippen LogP contribution in [0, 0.1) is 13.8 Å². The van der Waals surface area contributed by atoms with Crippen molar-refractivity contribution >= 4 is 34.7 Å². The first kappa shape index (κ1) is 20.2. The van der Waals surface area contributed by atoms with Gasteiger partial charge in [-0.1, -0.05) is 18.2 Å². The molecule has 0 aliphatic rings. The lowest BCUT2D eigenvalue weighted by Crippen LogP contribution is -2.16. The van der Waals surface area contributed by atoms with Crippen LogP contribution in [0.2, 0.25) is 0 Å². The molecule has 0 radical (unpaired) electrons. The number of hydrogen-bond donors (Lipinski definition) is 2. The van der Waals surface area contributed by atoms with Crippen molar-refractivity contribution in [2.45, 2.75) is 20.8 Å². The number of hydrogen-bond acceptors (Lipinski definition) is 4. The van der Waals surface area contributed by atoms with Gasteiger partial charge in [0.1, 0.15) is 5.58 Å². The van der Waals surface area contributed by atoms with E-state index in [1.807, 2.05) is 68.4 Å². The molecule has 2 heterocycles. The monoisotopic (exact) mass is 414 g/mol. The van der Waals surface area contributed by atoms with Crippen molar-refractivity contribution in [1.29, 1.82) is 0 Å². The topological polar surface area (TPSA) is 88.6 Å². The predicted octanol–water partition coefficient (Wildman–Crippen LogP) is 4.56. The molecule has 4 aromatic rings. The highest BCUT2D eigenvalue weighted by molar-refractivity contribution is 5.96. The van der Waals surface area contributed by atoms with Crippen LogP contribution in [0.4, 0.5) is 5.69 Å². The number of aromatic nitrogens is 1. The Bertz CT molecular complexity index is 1260. The number of nitrogens with one attached hydrogen (secondary N) is 2. The molecule has 2 N–H and O–H groups in total. The number of benzene rings is 2. The second-order valence-corrected chi connectivity index (χ2v) is 7.24. The highest BCUT2D eigenvalue weighted by atomic mass is 16.3. The number of rotatable bonds is 5. The number of fused-ring (bicyclic) bond motifs is 1. The van der Waals surface area contributed by atoms with Gasteiger partial charge in [0.05, 0.1) is 6.21 Å². The summed E-state index contributed by atoms with van der Waals surface area (Å²) in [5.41, 5.74) is 7.77. The van der Waals surface area contributed by atoms with Crippen molar-refractivity contribution in [3.63, 3.8) is 0 Å². The van der Waals surface area contributed by atoms with E-state index in [0.29, 0.717) is 5.58 Å². The summed E-state index contributed by atoms with van der Waals surface area (Å²) in [6, 6.07) is 18.7. The van der Waals surface area contributed by atoms with Crippen LogP contribution in [-0.2, 0) is 4.79 Å². The Morgan fingerprint density at radius 2 is 1.77 bits per heavy atom. The molecule has 0 saturated heterocycles. The van der Waals surface area contributed by atoms with Crippen LogP contribution in [0.5, 0.6) is 0 Å². The lowest BCUT2D eigenvalue weighted by Gasteiger charge is -2.10. The van der Waals surface area contributed by atoms with Crippen LogP contribution in [0.15, 0.2) is 70.2 Å². The summed E-state index contributed by atoms with van der Waals surface area (Å²) in [5.74, 6) is -0.304. The molecule has 4 rings (SSSR count). The standard InChI is InChI=1S/C24H22N4O3/c1-15-12-19(16(2)28(15)21-10-8-20(9-11-21)26-17(3)29)14-25-27-24(30)23-13-18-6-4-5-7-22(18)31-23/h4-14H,1-3H3,(H,26,29)(H,27,30)/b25-14+. The molecule has 156 valence electrons. The summed E-state index contributed by atoms with van der Waals surface area (Å²) in [4.78, 5) is 23.5. The van der Waals surface area contributed by atoms with E-state index in [0.717, 1.165) is 33.7 Å². The van der Waals surface area contributed by atoms with Gasteiger partial charge in [-0.3, -0.25) is 9.59 Å². The minimum absolute atomic E-state index is 0.107. The minimum Gasteiger partial charge on any atom is -0.451 e. The molecular weight excluding hydrogens is 392 g/mol. The quantitative estimate of drug-likeness (QED) is 0.371. The van der Waals surface area contributed by atoms with Crippen LogP contribution >= 0.6 is 0 Å². The lowest BCUT2D eigenvalue weighted by molar-refractivity contribution is -0.114. The third-order valence-corrected chi connectivity index (χ3v) is 4.94. The molecule has 31 heavy (non-hydrogen) atoms. The SMILES string of the molecule is CC(=O)Nc1ccc(-n2c(C)cc(/C=N/NC(=O)c3cc4ccccc4o3)c2C)cc1. The van der Waals surface area contributed by atoms with Gasteiger partial charge in [-0.25, -0.2) is 5.43 Å². The molecule has 2 aromatic carbocycles. The van der Waals surface area contributed by atoms with E-state index in [4.69, 9.17) is 4.42 Å². The summed E-state index contributed by atoms with van der Waals surface area (Å²) in [5, 5.41) is 7.72. The summed E-state index contributed by atoms with van der Waals surface area (Å²) in [7, 11) is 0. The number of hydrazone groups is 1. The van der Waals surface area contributed by atoms with Crippen molar-refractivity contribution in [1.82, 2.24) is 9.99 Å². The zero-order chi connectivity index (χ0) is 22.0. The molecule has 0 unspecified atom stereocenters. The number of furan rings is 1. The van der Waals surface area contributed by atoms with E-state index in [2.05, 4.69) is 20.4 Å². The number of amides is 2. The van der Waals surface area contributed by atoms with Gasteiger partial charge in [0.15, 0.2) is 5.76 Å². The van der Waals surface area contributed by atoms with Crippen LogP contribution in [0.3, 0.4) is 0 Å². The molecule has 7 heteroatoms. The first-order chi connectivity index (χ1) is 14.9. The summed E-state index contributed by atoms with van der Waals surface area (Å²) in [6.07, 6.45) is 1.62. The van der Waals surface area contributed by atoms with E-state index in [9.17, 15) is 9.59 Å². The molecule has 0 spiro atoms. The Morgan fingerprint density at radius 3 is 2.48 bits per heavy atom. The zero-order valence-electron chi connectivity index (χ0n) is 17.5. The fourth-order valence-electron chi connectivity index (χ4n) is 3.52. The molecule has 7 nitrogen and oxygen atoms in total. The molecule has 0 fully saturated rings. The molecule has 0 bridgehead atoms. The van der Waals surface area contributed by atoms with Gasteiger partial charge >= 0.3 is 5.91 Å². The minimum atomic E-state index is -0.408. The molecule has 0 saturated carbocycles. The number of carbonyl (C=O) groups is 2. The fourth-order valence-corrected chi connectivity index (χ4v) is 3.52. The number of carbonyl (C=O) groups excluding carboxylic acids is 2. The largest absolute Gasteiger partial charge is 0.451 e. The van der Waals surface area contributed by atoms with Crippen LogP contribution in [-0.4, -0.2) is 22.6 Å². The maximum Gasteiger partial charge on any atom is 0.307 e. The molecule has 2 aromatic heterocycles. The van der Waals surface area contributed by atoms with Crippen molar-refractivity contribution in [3.05, 3.63) is 83.4 Å². The normalized spacial score (nSPS) is 11.2. The Balaban J connectivity index is 1.49. The van der Waals surface area contributed by atoms with Gasteiger partial charge in [-0.05, 0) is 56.3 Å². The smallest absolute Gasteiger partial charge is 0.307 e. The molecular formula is C24H22N4O3. The average Bonchev–Trinajstić information content (AvgIpc) is 3.29. The maximum absolute atomic E-state index is 12.3. The summed E-state index contributed by atoms with van der Waals surface area (Å²) in [6.45, 7) is 5.46. The van der Waals surface area contributed by atoms with E-state index in [1.165, 1.54) is 6.92 Å². The Labute approximate surface area is 179 Å². The summed E-state index contributed by atoms with van der Waals surface area (Å²) >= 11 is 0. The third kappa shape index (κ3) is 4.25. The van der Waals surface area contributed by atoms with E-state index in [-0.39, 0.29) is 11.7 Å². The number of nitrogens with zero attached hydrogens (tertiary/aromatic N) is 2. The van der Waals surface area contributed by atoms with Gasteiger partial charge in [0.2, 0.25) is 5.91 Å². The highest BCUT2D eigenvalue weighted by Gasteiger charge is 2.12. The Morgan fingerprint density at radius 1 is 1.03 bits per heavy atom. The van der Waals surface area contributed by atoms with Crippen molar-refractivity contribution in [3.8, 4) is 5.69 Å². The molecule has 0 aliphatic carbocycles. The van der Waals surface area contributed by atoms with Crippen molar-refractivity contribution < 1.29 is 14.0 Å². The van der Waals surface area contributed by atoms with Gasteiger partial charge in [-0.2, -0.15) is 5.10 Å². The fraction of sp³-hybridized carbons (Fsp3) is 0.125. The average molecular weight is 414 g/mol. The second-order valence-electron chi connectivity index (χ2n) is 7.24. The molecule has 0 aliphatic heterocycles. The maximum atomic E-state index is 12.3. The Kier molecular flexibility index (Phi) is 5.41. The summed E-state index contributed by atoms with van der Waals surface area (Å²) < 4.78 is 7.64. The van der Waals surface area contributed by atoms with Crippen LogP contribution < -0.4 is 10.7 Å². The van der Waals surface area contributed by atoms with Gasteiger partial charge < -0.3 is 14.3 Å². The number of anilines is 1. The number of para-hydroxylation sites is 1.